The first-order valence-corrected chi connectivity index (χ1v) is 5.14. The second-order valence-corrected chi connectivity index (χ2v) is 3.69. The summed E-state index contributed by atoms with van der Waals surface area (Å²) in [7, 11) is 0. The van der Waals surface area contributed by atoms with Crippen LogP contribution in [0.3, 0.4) is 0 Å². The molecule has 0 radical (unpaired) electrons. The summed E-state index contributed by atoms with van der Waals surface area (Å²) < 4.78 is 0. The van der Waals surface area contributed by atoms with E-state index in [1.165, 1.54) is 0 Å². The van der Waals surface area contributed by atoms with E-state index in [0.29, 0.717) is 5.92 Å². The minimum Gasteiger partial charge on any atom is -0.338 e. The van der Waals surface area contributed by atoms with E-state index in [1.807, 2.05) is 13.8 Å². The van der Waals surface area contributed by atoms with Gasteiger partial charge in [0, 0.05) is 12.6 Å². The minimum absolute atomic E-state index is 0.0538. The van der Waals surface area contributed by atoms with Crippen LogP contribution in [0.25, 0.3) is 0 Å². The van der Waals surface area contributed by atoms with Crippen LogP contribution in [0.2, 0.25) is 0 Å². The van der Waals surface area contributed by atoms with Gasteiger partial charge in [0.15, 0.2) is 0 Å². The van der Waals surface area contributed by atoms with Crippen LogP contribution in [0.15, 0.2) is 0 Å². The second-order valence-electron chi connectivity index (χ2n) is 3.69. The van der Waals surface area contributed by atoms with E-state index in [-0.39, 0.29) is 12.1 Å². The molecule has 0 saturated heterocycles. The van der Waals surface area contributed by atoms with Crippen molar-refractivity contribution < 1.29 is 4.79 Å². The molecule has 0 spiro atoms. The summed E-state index contributed by atoms with van der Waals surface area (Å²) in [6, 6.07) is 0.156. The Morgan fingerprint density at radius 1 is 1.23 bits per heavy atom. The van der Waals surface area contributed by atoms with Gasteiger partial charge in [-0.1, -0.05) is 26.7 Å². The maximum atomic E-state index is 11.2. The molecule has 78 valence electrons. The molecule has 13 heavy (non-hydrogen) atoms. The van der Waals surface area contributed by atoms with Gasteiger partial charge >= 0.3 is 6.03 Å². The molecule has 0 saturated carbocycles. The first kappa shape index (κ1) is 12.3. The van der Waals surface area contributed by atoms with Crippen LogP contribution in [0, 0.1) is 5.92 Å². The normalized spacial score (nSPS) is 10.6. The molecule has 0 aromatic carbocycles. The zero-order valence-corrected chi connectivity index (χ0v) is 9.18. The summed E-state index contributed by atoms with van der Waals surface area (Å²) >= 11 is 0. The Balaban J connectivity index is 3.56. The van der Waals surface area contributed by atoms with E-state index in [4.69, 9.17) is 0 Å². The molecule has 0 aliphatic carbocycles. The fourth-order valence-corrected chi connectivity index (χ4v) is 1.13. The molecular weight excluding hydrogens is 164 g/mol. The summed E-state index contributed by atoms with van der Waals surface area (Å²) in [6.07, 6.45) is 2.25. The largest absolute Gasteiger partial charge is 0.338 e. The molecule has 0 aromatic heterocycles. The fourth-order valence-electron chi connectivity index (χ4n) is 1.13. The Labute approximate surface area is 81.3 Å². The number of nitrogens with one attached hydrogen (secondary N) is 2. The van der Waals surface area contributed by atoms with Crippen LogP contribution in [-0.4, -0.2) is 18.6 Å². The quantitative estimate of drug-likeness (QED) is 0.678. The summed E-state index contributed by atoms with van der Waals surface area (Å²) in [4.78, 5) is 11.2. The molecule has 0 fully saturated rings. The lowest BCUT2D eigenvalue weighted by Crippen LogP contribution is -2.41. The lowest BCUT2D eigenvalue weighted by atomic mass is 10.0. The van der Waals surface area contributed by atoms with Gasteiger partial charge < -0.3 is 10.6 Å². The maximum absolute atomic E-state index is 11.2. The van der Waals surface area contributed by atoms with Gasteiger partial charge in [0.25, 0.3) is 0 Å². The fraction of sp³-hybridized carbons (Fsp3) is 0.900. The summed E-state index contributed by atoms with van der Waals surface area (Å²) in [5.41, 5.74) is 0. The van der Waals surface area contributed by atoms with Crippen molar-refractivity contribution in [1.29, 1.82) is 0 Å². The third kappa shape index (κ3) is 6.43. The average molecular weight is 186 g/mol. The molecule has 3 heteroatoms. The lowest BCUT2D eigenvalue weighted by Gasteiger charge is -2.15. The van der Waals surface area contributed by atoms with Gasteiger partial charge in [0.2, 0.25) is 0 Å². The molecule has 0 atom stereocenters. The van der Waals surface area contributed by atoms with Crippen molar-refractivity contribution in [2.24, 2.45) is 5.92 Å². The minimum atomic E-state index is -0.0538. The number of carbonyl (C=O) groups excluding carboxylic acids is 1. The van der Waals surface area contributed by atoms with Crippen molar-refractivity contribution in [3.05, 3.63) is 0 Å². The molecule has 0 rings (SSSR count). The van der Waals surface area contributed by atoms with Crippen molar-refractivity contribution in [3.8, 4) is 0 Å². The topological polar surface area (TPSA) is 41.1 Å². The molecule has 0 heterocycles. The molecule has 0 unspecified atom stereocenters. The van der Waals surface area contributed by atoms with Gasteiger partial charge in [-0.25, -0.2) is 4.79 Å². The molecule has 0 aromatic rings. The van der Waals surface area contributed by atoms with Crippen molar-refractivity contribution in [3.63, 3.8) is 0 Å². The number of rotatable bonds is 5. The first-order valence-electron chi connectivity index (χ1n) is 5.14. The van der Waals surface area contributed by atoms with Gasteiger partial charge in [0.1, 0.15) is 0 Å². The standard InChI is InChI=1S/C10H22N2O/c1-5-9(6-2)7-11-10(13)12-8(3)4/h8-9H,5-7H2,1-4H3,(H2,11,12,13). The van der Waals surface area contributed by atoms with Crippen LogP contribution in [0.5, 0.6) is 0 Å². The van der Waals surface area contributed by atoms with Crippen LogP contribution in [-0.2, 0) is 0 Å². The number of carbonyl (C=O) groups is 1. The number of urea groups is 1. The molecule has 2 amide bonds. The lowest BCUT2D eigenvalue weighted by molar-refractivity contribution is 0.236. The highest BCUT2D eigenvalue weighted by atomic mass is 16.2. The van der Waals surface area contributed by atoms with Crippen LogP contribution in [0.1, 0.15) is 40.5 Å². The Morgan fingerprint density at radius 2 is 1.77 bits per heavy atom. The van der Waals surface area contributed by atoms with E-state index < -0.39 is 0 Å². The first-order chi connectivity index (χ1) is 6.10. The monoisotopic (exact) mass is 186 g/mol. The number of hydrogen-bond acceptors (Lipinski definition) is 1. The maximum Gasteiger partial charge on any atom is 0.314 e. The van der Waals surface area contributed by atoms with E-state index >= 15 is 0 Å². The van der Waals surface area contributed by atoms with Crippen LogP contribution >= 0.6 is 0 Å². The van der Waals surface area contributed by atoms with Gasteiger partial charge in [-0.15, -0.1) is 0 Å². The third-order valence-corrected chi connectivity index (χ3v) is 2.13. The SMILES string of the molecule is CCC(CC)CNC(=O)NC(C)C. The highest BCUT2D eigenvalue weighted by molar-refractivity contribution is 5.74. The zero-order chi connectivity index (χ0) is 10.3. The molecule has 2 N–H and O–H groups in total. The van der Waals surface area contributed by atoms with E-state index in [9.17, 15) is 4.79 Å². The van der Waals surface area contributed by atoms with Gasteiger partial charge in [-0.3, -0.25) is 0 Å². The molecule has 0 aliphatic rings. The van der Waals surface area contributed by atoms with Crippen molar-refractivity contribution >= 4 is 6.03 Å². The molecular formula is C10H22N2O. The van der Waals surface area contributed by atoms with Gasteiger partial charge in [0.05, 0.1) is 0 Å². The smallest absolute Gasteiger partial charge is 0.314 e. The van der Waals surface area contributed by atoms with Crippen molar-refractivity contribution in [2.75, 3.05) is 6.54 Å². The highest BCUT2D eigenvalue weighted by Gasteiger charge is 2.06. The molecule has 0 bridgehead atoms. The summed E-state index contributed by atoms with van der Waals surface area (Å²) in [6.45, 7) is 8.99. The Bertz CT molecular complexity index is 142. The second kappa shape index (κ2) is 6.75. The summed E-state index contributed by atoms with van der Waals surface area (Å²) in [5.74, 6) is 0.609. The highest BCUT2D eigenvalue weighted by Crippen LogP contribution is 2.04. The van der Waals surface area contributed by atoms with E-state index in [1.54, 1.807) is 0 Å². The van der Waals surface area contributed by atoms with Gasteiger partial charge in [-0.2, -0.15) is 0 Å². The Hall–Kier alpha value is -0.730. The van der Waals surface area contributed by atoms with Gasteiger partial charge in [-0.05, 0) is 19.8 Å². The van der Waals surface area contributed by atoms with Crippen molar-refractivity contribution in [1.82, 2.24) is 10.6 Å². The van der Waals surface area contributed by atoms with E-state index in [2.05, 4.69) is 24.5 Å². The Morgan fingerprint density at radius 3 is 2.15 bits per heavy atom. The predicted octanol–water partition coefficient (Wildman–Crippen LogP) is 2.13. The summed E-state index contributed by atoms with van der Waals surface area (Å²) in [5, 5.41) is 5.66. The number of hydrogen-bond donors (Lipinski definition) is 2. The predicted molar refractivity (Wildman–Crippen MR) is 55.7 cm³/mol. The zero-order valence-electron chi connectivity index (χ0n) is 9.18. The average Bonchev–Trinajstić information content (AvgIpc) is 2.05. The third-order valence-electron chi connectivity index (χ3n) is 2.13. The molecule has 3 nitrogen and oxygen atoms in total. The molecule has 0 aliphatic heterocycles. The number of amides is 2. The van der Waals surface area contributed by atoms with E-state index in [0.717, 1.165) is 19.4 Å². The van der Waals surface area contributed by atoms with Crippen LogP contribution < -0.4 is 10.6 Å². The van der Waals surface area contributed by atoms with Crippen molar-refractivity contribution in [2.45, 2.75) is 46.6 Å². The Kier molecular flexibility index (Phi) is 6.37. The van der Waals surface area contributed by atoms with Crippen LogP contribution in [0.4, 0.5) is 4.79 Å².